The molecular weight excluding hydrogens is 242 g/mol. The molecule has 0 bridgehead atoms. The first kappa shape index (κ1) is 13.8. The van der Waals surface area contributed by atoms with Crippen molar-refractivity contribution in [2.24, 2.45) is 5.73 Å². The molecule has 1 aromatic rings. The molecule has 1 aromatic carbocycles. The lowest BCUT2D eigenvalue weighted by molar-refractivity contribution is -0.138. The number of rotatable bonds is 5. The van der Waals surface area contributed by atoms with Crippen LogP contribution in [0.2, 0.25) is 0 Å². The van der Waals surface area contributed by atoms with Crippen LogP contribution in [0.4, 0.5) is 0 Å². The van der Waals surface area contributed by atoms with Gasteiger partial charge in [-0.2, -0.15) is 0 Å². The van der Waals surface area contributed by atoms with Gasteiger partial charge in [0.05, 0.1) is 7.11 Å². The van der Waals surface area contributed by atoms with E-state index < -0.39 is 23.7 Å². The number of aromatic hydroxyl groups is 1. The third-order valence-corrected chi connectivity index (χ3v) is 2.36. The average Bonchev–Trinajstić information content (AvgIpc) is 2.30. The smallest absolute Gasteiger partial charge is 0.339 e. The van der Waals surface area contributed by atoms with Crippen LogP contribution in [-0.4, -0.2) is 40.4 Å². The van der Waals surface area contributed by atoms with Gasteiger partial charge in [-0.3, -0.25) is 4.79 Å². The number of carboxylic acid groups (broad SMARTS) is 2. The normalized spacial score (nSPS) is 11.9. The highest BCUT2D eigenvalue weighted by atomic mass is 16.5. The highest BCUT2D eigenvalue weighted by molar-refractivity contribution is 5.92. The molecule has 7 nitrogen and oxygen atoms in total. The van der Waals surface area contributed by atoms with Crippen LogP contribution in [0, 0.1) is 0 Å². The fraction of sp³-hybridized carbons (Fsp3) is 0.273. The van der Waals surface area contributed by atoms with Gasteiger partial charge in [-0.15, -0.1) is 0 Å². The molecule has 0 saturated heterocycles. The van der Waals surface area contributed by atoms with Gasteiger partial charge in [0.15, 0.2) is 11.5 Å². The Morgan fingerprint density at radius 2 is 2.00 bits per heavy atom. The number of benzene rings is 1. The summed E-state index contributed by atoms with van der Waals surface area (Å²) in [4.78, 5) is 21.5. The molecule has 0 saturated carbocycles. The number of phenols is 1. The number of aliphatic carboxylic acids is 1. The van der Waals surface area contributed by atoms with Crippen LogP contribution in [0.5, 0.6) is 11.5 Å². The van der Waals surface area contributed by atoms with Crippen molar-refractivity contribution in [3.8, 4) is 11.5 Å². The van der Waals surface area contributed by atoms with Gasteiger partial charge in [0, 0.05) is 0 Å². The van der Waals surface area contributed by atoms with E-state index in [1.54, 1.807) is 0 Å². The first-order chi connectivity index (χ1) is 8.36. The van der Waals surface area contributed by atoms with Crippen molar-refractivity contribution in [3.63, 3.8) is 0 Å². The van der Waals surface area contributed by atoms with Crippen molar-refractivity contribution in [2.75, 3.05) is 7.11 Å². The first-order valence-corrected chi connectivity index (χ1v) is 4.98. The van der Waals surface area contributed by atoms with Crippen LogP contribution in [0.1, 0.15) is 15.9 Å². The second kappa shape index (κ2) is 5.37. The maximum Gasteiger partial charge on any atom is 0.339 e. The van der Waals surface area contributed by atoms with Crippen LogP contribution in [0.3, 0.4) is 0 Å². The molecule has 0 heterocycles. The minimum Gasteiger partial charge on any atom is -0.504 e. The van der Waals surface area contributed by atoms with E-state index in [-0.39, 0.29) is 17.7 Å². The third kappa shape index (κ3) is 2.89. The highest BCUT2D eigenvalue weighted by Crippen LogP contribution is 2.31. The summed E-state index contributed by atoms with van der Waals surface area (Å²) in [6, 6.07) is 1.37. The van der Waals surface area contributed by atoms with Crippen LogP contribution >= 0.6 is 0 Å². The Bertz CT molecular complexity index is 485. The Labute approximate surface area is 102 Å². The molecule has 0 radical (unpaired) electrons. The molecule has 5 N–H and O–H groups in total. The number of methoxy groups -OCH3 is 1. The van der Waals surface area contributed by atoms with Gasteiger partial charge >= 0.3 is 11.9 Å². The van der Waals surface area contributed by atoms with E-state index in [0.29, 0.717) is 5.56 Å². The van der Waals surface area contributed by atoms with E-state index in [9.17, 15) is 14.7 Å². The molecule has 0 amide bonds. The minimum atomic E-state index is -1.34. The number of hydrogen-bond acceptors (Lipinski definition) is 5. The molecule has 0 fully saturated rings. The molecule has 7 heteroatoms. The van der Waals surface area contributed by atoms with Gasteiger partial charge in [0.2, 0.25) is 0 Å². The molecule has 18 heavy (non-hydrogen) atoms. The molecule has 98 valence electrons. The van der Waals surface area contributed by atoms with Gasteiger partial charge in [-0.05, 0) is 24.1 Å². The van der Waals surface area contributed by atoms with Gasteiger partial charge in [-0.25, -0.2) is 4.79 Å². The Morgan fingerprint density at radius 1 is 1.39 bits per heavy atom. The summed E-state index contributed by atoms with van der Waals surface area (Å²) < 4.78 is 4.82. The predicted octanol–water partition coefficient (Wildman–Crippen LogP) is 0.0534. The lowest BCUT2D eigenvalue weighted by Gasteiger charge is -2.11. The number of ether oxygens (including phenoxy) is 1. The third-order valence-electron chi connectivity index (χ3n) is 2.36. The fourth-order valence-electron chi connectivity index (χ4n) is 1.44. The first-order valence-electron chi connectivity index (χ1n) is 4.98. The SMILES string of the molecule is COc1cc(CC(N)C(=O)O)cc(C(=O)O)c1O. The minimum absolute atomic E-state index is 0.0394. The summed E-state index contributed by atoms with van der Waals surface area (Å²) in [5, 5.41) is 27.1. The van der Waals surface area contributed by atoms with Crippen molar-refractivity contribution in [1.29, 1.82) is 0 Å². The molecule has 0 aliphatic carbocycles. The van der Waals surface area contributed by atoms with Crippen molar-refractivity contribution < 1.29 is 29.6 Å². The summed E-state index contributed by atoms with van der Waals surface area (Å²) in [7, 11) is 1.27. The molecular formula is C11H13NO6. The zero-order valence-electron chi connectivity index (χ0n) is 9.58. The van der Waals surface area contributed by atoms with Gasteiger partial charge in [0.1, 0.15) is 11.6 Å². The maximum absolute atomic E-state index is 10.9. The molecule has 1 unspecified atom stereocenters. The lowest BCUT2D eigenvalue weighted by atomic mass is 10.0. The summed E-state index contributed by atoms with van der Waals surface area (Å²) in [6.07, 6.45) is -0.0632. The summed E-state index contributed by atoms with van der Waals surface area (Å²) in [5.41, 5.74) is 5.35. The van der Waals surface area contributed by atoms with Crippen LogP contribution < -0.4 is 10.5 Å². The van der Waals surface area contributed by atoms with Gasteiger partial charge in [0.25, 0.3) is 0 Å². The summed E-state index contributed by atoms with van der Waals surface area (Å²) in [5.74, 6) is -3.07. The Hall–Kier alpha value is -2.28. The average molecular weight is 255 g/mol. The molecule has 0 aliphatic heterocycles. The van der Waals surface area contributed by atoms with E-state index >= 15 is 0 Å². The Kier molecular flexibility index (Phi) is 4.11. The zero-order valence-corrected chi connectivity index (χ0v) is 9.58. The predicted molar refractivity (Wildman–Crippen MR) is 60.9 cm³/mol. The van der Waals surface area contributed by atoms with Gasteiger partial charge in [-0.1, -0.05) is 0 Å². The van der Waals surface area contributed by atoms with Gasteiger partial charge < -0.3 is 25.8 Å². The molecule has 1 atom stereocenters. The van der Waals surface area contributed by atoms with E-state index in [2.05, 4.69) is 0 Å². The van der Waals surface area contributed by atoms with Crippen molar-refractivity contribution in [2.45, 2.75) is 12.5 Å². The van der Waals surface area contributed by atoms with Crippen LogP contribution in [-0.2, 0) is 11.2 Å². The van der Waals surface area contributed by atoms with Crippen molar-refractivity contribution in [1.82, 2.24) is 0 Å². The lowest BCUT2D eigenvalue weighted by Crippen LogP contribution is -2.32. The largest absolute Gasteiger partial charge is 0.504 e. The van der Waals surface area contributed by atoms with E-state index in [0.717, 1.165) is 0 Å². The highest BCUT2D eigenvalue weighted by Gasteiger charge is 2.19. The quantitative estimate of drug-likeness (QED) is 0.584. The van der Waals surface area contributed by atoms with Crippen LogP contribution in [0.15, 0.2) is 12.1 Å². The summed E-state index contributed by atoms with van der Waals surface area (Å²) in [6.45, 7) is 0. The zero-order chi connectivity index (χ0) is 13.9. The fourth-order valence-corrected chi connectivity index (χ4v) is 1.44. The number of hydrogen-bond donors (Lipinski definition) is 4. The second-order valence-corrected chi connectivity index (χ2v) is 3.65. The topological polar surface area (TPSA) is 130 Å². The van der Waals surface area contributed by atoms with E-state index in [4.69, 9.17) is 20.7 Å². The number of aromatic carboxylic acids is 1. The van der Waals surface area contributed by atoms with Crippen LogP contribution in [0.25, 0.3) is 0 Å². The Balaban J connectivity index is 3.18. The van der Waals surface area contributed by atoms with E-state index in [1.807, 2.05) is 0 Å². The molecule has 0 spiro atoms. The number of carbonyl (C=O) groups is 2. The molecule has 0 aliphatic rings. The van der Waals surface area contributed by atoms with Crippen molar-refractivity contribution in [3.05, 3.63) is 23.3 Å². The number of nitrogens with two attached hydrogens (primary N) is 1. The molecule has 1 rings (SSSR count). The monoisotopic (exact) mass is 255 g/mol. The standard InChI is InChI=1S/C11H13NO6/c1-18-8-4-5(3-7(12)11(16)17)2-6(9(8)13)10(14)15/h2,4,7,13H,3,12H2,1H3,(H,14,15)(H,16,17). The van der Waals surface area contributed by atoms with Crippen molar-refractivity contribution >= 4 is 11.9 Å². The summed E-state index contributed by atoms with van der Waals surface area (Å²) >= 11 is 0. The number of carboxylic acids is 2. The Morgan fingerprint density at radius 3 is 2.44 bits per heavy atom. The molecule has 0 aromatic heterocycles. The van der Waals surface area contributed by atoms with E-state index in [1.165, 1.54) is 19.2 Å². The maximum atomic E-state index is 10.9. The second-order valence-electron chi connectivity index (χ2n) is 3.65.